The first-order valence-electron chi connectivity index (χ1n) is 8.37. The highest BCUT2D eigenvalue weighted by Crippen LogP contribution is 2.15. The maximum Gasteiger partial charge on any atom is 0.163 e. The lowest BCUT2D eigenvalue weighted by atomic mass is 10.2. The van der Waals surface area contributed by atoms with Crippen LogP contribution in [0.25, 0.3) is 11.1 Å². The summed E-state index contributed by atoms with van der Waals surface area (Å²) < 4.78 is 0. The highest BCUT2D eigenvalue weighted by Gasteiger charge is 2.06. The Balaban J connectivity index is 0. The molecule has 0 aliphatic carbocycles. The second-order valence-electron chi connectivity index (χ2n) is 3.85. The molecule has 0 amide bonds. The number of hydrogen-bond acceptors (Lipinski definition) is 3. The van der Waals surface area contributed by atoms with Crippen molar-refractivity contribution in [3.63, 3.8) is 0 Å². The van der Waals surface area contributed by atoms with E-state index in [0.29, 0.717) is 11.6 Å². The van der Waals surface area contributed by atoms with Crippen LogP contribution in [0, 0.1) is 0 Å². The van der Waals surface area contributed by atoms with Gasteiger partial charge in [-0.15, -0.1) is 0 Å². The maximum atomic E-state index is 4.49. The minimum absolute atomic E-state index is 0.618. The van der Waals surface area contributed by atoms with Crippen molar-refractivity contribution in [1.82, 2.24) is 15.0 Å². The van der Waals surface area contributed by atoms with Crippen LogP contribution in [-0.4, -0.2) is 15.0 Å². The summed E-state index contributed by atoms with van der Waals surface area (Å²) in [4.78, 5) is 12.9. The van der Waals surface area contributed by atoms with Gasteiger partial charge in [0.25, 0.3) is 0 Å². The van der Waals surface area contributed by atoms with E-state index in [1.807, 2.05) is 78.0 Å². The van der Waals surface area contributed by atoms with Crippen molar-refractivity contribution in [2.45, 2.75) is 41.5 Å². The predicted octanol–water partition coefficient (Wildman–Crippen LogP) is 6.22. The van der Waals surface area contributed by atoms with Crippen LogP contribution in [0.1, 0.15) is 53.2 Å². The molecule has 0 saturated carbocycles. The molecule has 130 valence electrons. The van der Waals surface area contributed by atoms with Gasteiger partial charge in [-0.3, -0.25) is 0 Å². The van der Waals surface area contributed by atoms with Crippen molar-refractivity contribution >= 4 is 11.1 Å². The zero-order chi connectivity index (χ0) is 18.8. The van der Waals surface area contributed by atoms with E-state index >= 15 is 0 Å². The van der Waals surface area contributed by atoms with Gasteiger partial charge in [0.2, 0.25) is 0 Å². The SMILES string of the molecule is C=C/C=C(\C=C/C)c1ncnc(C(/C=C\C)=C/C=C)n1.CC.CC. The van der Waals surface area contributed by atoms with E-state index in [2.05, 4.69) is 28.1 Å². The molecule has 24 heavy (non-hydrogen) atoms. The highest BCUT2D eigenvalue weighted by atomic mass is 15.0. The Hall–Kier alpha value is -2.55. The summed E-state index contributed by atoms with van der Waals surface area (Å²) in [6, 6.07) is 0. The molecule has 0 aromatic carbocycles. The minimum atomic E-state index is 0.618. The number of nitrogens with zero attached hydrogens (tertiary/aromatic N) is 3. The van der Waals surface area contributed by atoms with Gasteiger partial charge < -0.3 is 0 Å². The van der Waals surface area contributed by atoms with Gasteiger partial charge in [0.15, 0.2) is 11.6 Å². The largest absolute Gasteiger partial charge is 0.217 e. The van der Waals surface area contributed by atoms with Crippen LogP contribution < -0.4 is 0 Å². The summed E-state index contributed by atoms with van der Waals surface area (Å²) in [5.74, 6) is 1.24. The van der Waals surface area contributed by atoms with Crippen LogP contribution in [0.3, 0.4) is 0 Å². The lowest BCUT2D eigenvalue weighted by molar-refractivity contribution is 0.993. The predicted molar refractivity (Wildman–Crippen MR) is 108 cm³/mol. The van der Waals surface area contributed by atoms with Crippen LogP contribution >= 0.6 is 0 Å². The summed E-state index contributed by atoms with van der Waals surface area (Å²) in [5.41, 5.74) is 1.79. The molecule has 0 N–H and O–H groups in total. The molecular weight excluding hydrogens is 294 g/mol. The third-order valence-electron chi connectivity index (χ3n) is 2.38. The second kappa shape index (κ2) is 16.8. The molecule has 0 radical (unpaired) electrons. The van der Waals surface area contributed by atoms with E-state index in [1.54, 1.807) is 12.2 Å². The van der Waals surface area contributed by atoms with E-state index in [-0.39, 0.29) is 0 Å². The van der Waals surface area contributed by atoms with Gasteiger partial charge in [0.05, 0.1) is 0 Å². The molecule has 0 aliphatic heterocycles. The van der Waals surface area contributed by atoms with Crippen molar-refractivity contribution in [3.8, 4) is 0 Å². The standard InChI is InChI=1S/C17H19N3.2C2H6/c1-5-9-14(10-6-2)16-18-13-19-17(20-16)15(11-7-3)12-8-4;2*1-2/h5-13H,1,3H2,2,4H3;2*1-2H3/b10-6-,12-8-,14-9+,15-11+;;. The van der Waals surface area contributed by atoms with Gasteiger partial charge in [-0.05, 0) is 13.8 Å². The minimum Gasteiger partial charge on any atom is -0.217 e. The van der Waals surface area contributed by atoms with E-state index in [9.17, 15) is 0 Å². The molecular formula is C21H31N3. The van der Waals surface area contributed by atoms with Gasteiger partial charge in [-0.25, -0.2) is 15.0 Å². The number of rotatable bonds is 6. The number of aromatic nitrogens is 3. The zero-order valence-corrected chi connectivity index (χ0v) is 16.0. The van der Waals surface area contributed by atoms with Crippen molar-refractivity contribution < 1.29 is 0 Å². The third kappa shape index (κ3) is 8.79. The van der Waals surface area contributed by atoms with Gasteiger partial charge in [-0.2, -0.15) is 0 Å². The quantitative estimate of drug-likeness (QED) is 0.583. The van der Waals surface area contributed by atoms with Gasteiger partial charge in [-0.1, -0.05) is 89.5 Å². The molecule has 1 aromatic heterocycles. The summed E-state index contributed by atoms with van der Waals surface area (Å²) in [6.07, 6.45) is 16.4. The molecule has 3 nitrogen and oxygen atoms in total. The Kier molecular flexibility index (Phi) is 16.6. The lowest BCUT2D eigenvalue weighted by Crippen LogP contribution is -2.00. The molecule has 0 saturated heterocycles. The van der Waals surface area contributed by atoms with Gasteiger partial charge >= 0.3 is 0 Å². The van der Waals surface area contributed by atoms with E-state index in [1.165, 1.54) is 6.33 Å². The summed E-state index contributed by atoms with van der Waals surface area (Å²) >= 11 is 0. The van der Waals surface area contributed by atoms with Crippen LogP contribution in [0.15, 0.2) is 68.1 Å². The molecule has 1 rings (SSSR count). The van der Waals surface area contributed by atoms with Gasteiger partial charge in [0, 0.05) is 11.1 Å². The zero-order valence-electron chi connectivity index (χ0n) is 16.0. The fourth-order valence-corrected chi connectivity index (χ4v) is 1.60. The van der Waals surface area contributed by atoms with Crippen LogP contribution in [0.5, 0.6) is 0 Å². The molecule has 0 bridgehead atoms. The topological polar surface area (TPSA) is 38.7 Å². The second-order valence-corrected chi connectivity index (χ2v) is 3.85. The van der Waals surface area contributed by atoms with Gasteiger partial charge in [0.1, 0.15) is 6.33 Å². The molecule has 1 heterocycles. The average molecular weight is 326 g/mol. The first-order valence-corrected chi connectivity index (χ1v) is 8.37. The summed E-state index contributed by atoms with van der Waals surface area (Å²) in [5, 5.41) is 0. The normalized spacial score (nSPS) is 11.4. The summed E-state index contributed by atoms with van der Waals surface area (Å²) in [6.45, 7) is 19.3. The Bertz CT molecular complexity index is 542. The van der Waals surface area contributed by atoms with Crippen molar-refractivity contribution in [1.29, 1.82) is 0 Å². The summed E-state index contributed by atoms with van der Waals surface area (Å²) in [7, 11) is 0. The number of allylic oxidation sites excluding steroid dienone is 10. The third-order valence-corrected chi connectivity index (χ3v) is 2.38. The average Bonchev–Trinajstić information content (AvgIpc) is 2.65. The lowest BCUT2D eigenvalue weighted by Gasteiger charge is -2.04. The molecule has 0 spiro atoms. The van der Waals surface area contributed by atoms with Crippen molar-refractivity contribution in [3.05, 3.63) is 79.7 Å². The molecule has 0 atom stereocenters. The van der Waals surface area contributed by atoms with Crippen LogP contribution in [0.4, 0.5) is 0 Å². The van der Waals surface area contributed by atoms with E-state index in [4.69, 9.17) is 0 Å². The maximum absolute atomic E-state index is 4.49. The molecule has 0 aliphatic rings. The molecule has 1 aromatic rings. The van der Waals surface area contributed by atoms with Crippen LogP contribution in [0.2, 0.25) is 0 Å². The first-order chi connectivity index (χ1) is 11.8. The van der Waals surface area contributed by atoms with Crippen molar-refractivity contribution in [2.75, 3.05) is 0 Å². The molecule has 0 unspecified atom stereocenters. The Morgan fingerprint density at radius 3 is 1.46 bits per heavy atom. The van der Waals surface area contributed by atoms with Crippen LogP contribution in [-0.2, 0) is 0 Å². The smallest absolute Gasteiger partial charge is 0.163 e. The monoisotopic (exact) mass is 325 g/mol. The molecule has 0 fully saturated rings. The van der Waals surface area contributed by atoms with E-state index in [0.717, 1.165) is 11.1 Å². The first kappa shape index (κ1) is 23.7. The fraction of sp³-hybridized carbons (Fsp3) is 0.286. The Morgan fingerprint density at radius 2 is 1.17 bits per heavy atom. The Morgan fingerprint density at radius 1 is 0.792 bits per heavy atom. The Labute approximate surface area is 148 Å². The molecule has 3 heteroatoms. The highest BCUT2D eigenvalue weighted by molar-refractivity contribution is 5.74. The van der Waals surface area contributed by atoms with Crippen molar-refractivity contribution in [2.24, 2.45) is 0 Å². The van der Waals surface area contributed by atoms with E-state index < -0.39 is 0 Å². The fourth-order valence-electron chi connectivity index (χ4n) is 1.60. The number of hydrogen-bond donors (Lipinski definition) is 0.